The lowest BCUT2D eigenvalue weighted by Crippen LogP contribution is -2.07. The highest BCUT2D eigenvalue weighted by Crippen LogP contribution is 2.20. The Bertz CT molecular complexity index is 371. The SMILES string of the molecule is Cc1cc(CC(C)C)cc(C)c1C(=O)CBr. The molecule has 2 heteroatoms. The van der Waals surface area contributed by atoms with Crippen molar-refractivity contribution in [2.75, 3.05) is 5.33 Å². The Hall–Kier alpha value is -0.630. The molecule has 0 spiro atoms. The molecule has 16 heavy (non-hydrogen) atoms. The van der Waals surface area contributed by atoms with Gasteiger partial charge in [0, 0.05) is 5.56 Å². The quantitative estimate of drug-likeness (QED) is 0.601. The lowest BCUT2D eigenvalue weighted by atomic mass is 9.93. The molecule has 0 saturated carbocycles. The summed E-state index contributed by atoms with van der Waals surface area (Å²) in [5, 5.41) is 0.401. The largest absolute Gasteiger partial charge is 0.293 e. The number of halogens is 1. The second-order valence-corrected chi connectivity index (χ2v) is 5.32. The molecule has 0 atom stereocenters. The Balaban J connectivity index is 3.12. The average Bonchev–Trinajstić information content (AvgIpc) is 2.15. The van der Waals surface area contributed by atoms with E-state index in [0.29, 0.717) is 11.2 Å². The summed E-state index contributed by atoms with van der Waals surface area (Å²) in [4.78, 5) is 11.7. The summed E-state index contributed by atoms with van der Waals surface area (Å²) in [5.74, 6) is 0.822. The van der Waals surface area contributed by atoms with Crippen LogP contribution in [0.25, 0.3) is 0 Å². The Labute approximate surface area is 106 Å². The fourth-order valence-electron chi connectivity index (χ4n) is 2.15. The number of carbonyl (C=O) groups excluding carboxylic acids is 1. The minimum absolute atomic E-state index is 0.172. The molecule has 1 aromatic rings. The number of benzene rings is 1. The smallest absolute Gasteiger partial charge is 0.173 e. The van der Waals surface area contributed by atoms with Crippen molar-refractivity contribution in [1.29, 1.82) is 0 Å². The van der Waals surface area contributed by atoms with E-state index in [2.05, 4.69) is 41.9 Å². The molecular weight excluding hydrogens is 264 g/mol. The van der Waals surface area contributed by atoms with Gasteiger partial charge in [-0.05, 0) is 42.9 Å². The number of Topliss-reactive ketones (excluding diaryl/α,β-unsaturated/α-hetero) is 1. The molecule has 0 amide bonds. The van der Waals surface area contributed by atoms with E-state index in [1.165, 1.54) is 5.56 Å². The minimum atomic E-state index is 0.172. The van der Waals surface area contributed by atoms with Crippen molar-refractivity contribution in [1.82, 2.24) is 0 Å². The van der Waals surface area contributed by atoms with E-state index in [0.717, 1.165) is 23.1 Å². The van der Waals surface area contributed by atoms with Gasteiger partial charge in [0.2, 0.25) is 0 Å². The van der Waals surface area contributed by atoms with Gasteiger partial charge in [0.05, 0.1) is 5.33 Å². The van der Waals surface area contributed by atoms with Crippen molar-refractivity contribution < 1.29 is 4.79 Å². The van der Waals surface area contributed by atoms with Gasteiger partial charge in [-0.2, -0.15) is 0 Å². The third-order valence-electron chi connectivity index (χ3n) is 2.64. The van der Waals surface area contributed by atoms with Crippen LogP contribution in [-0.4, -0.2) is 11.1 Å². The maximum Gasteiger partial charge on any atom is 0.173 e. The Morgan fingerprint density at radius 1 is 1.25 bits per heavy atom. The van der Waals surface area contributed by atoms with Crippen molar-refractivity contribution in [2.45, 2.75) is 34.1 Å². The number of aryl methyl sites for hydroxylation is 2. The number of hydrogen-bond acceptors (Lipinski definition) is 1. The van der Waals surface area contributed by atoms with Crippen LogP contribution in [0.5, 0.6) is 0 Å². The summed E-state index contributed by atoms with van der Waals surface area (Å²) in [6, 6.07) is 4.28. The first-order chi connectivity index (χ1) is 7.45. The molecule has 0 bridgehead atoms. The summed E-state index contributed by atoms with van der Waals surface area (Å²) >= 11 is 3.23. The van der Waals surface area contributed by atoms with Gasteiger partial charge in [0.15, 0.2) is 5.78 Å². The van der Waals surface area contributed by atoms with E-state index in [1.807, 2.05) is 13.8 Å². The van der Waals surface area contributed by atoms with Crippen LogP contribution in [0.2, 0.25) is 0 Å². The highest BCUT2D eigenvalue weighted by Gasteiger charge is 2.12. The van der Waals surface area contributed by atoms with E-state index in [-0.39, 0.29) is 5.78 Å². The highest BCUT2D eigenvalue weighted by molar-refractivity contribution is 9.09. The highest BCUT2D eigenvalue weighted by atomic mass is 79.9. The van der Waals surface area contributed by atoms with Crippen molar-refractivity contribution in [2.24, 2.45) is 5.92 Å². The van der Waals surface area contributed by atoms with Crippen molar-refractivity contribution in [3.05, 3.63) is 34.4 Å². The van der Waals surface area contributed by atoms with Crippen LogP contribution in [0.3, 0.4) is 0 Å². The number of hydrogen-bond donors (Lipinski definition) is 0. The summed E-state index contributed by atoms with van der Waals surface area (Å²) in [5.41, 5.74) is 4.40. The predicted molar refractivity (Wildman–Crippen MR) is 72.6 cm³/mol. The first-order valence-corrected chi connectivity index (χ1v) is 6.77. The first-order valence-electron chi connectivity index (χ1n) is 5.65. The first kappa shape index (κ1) is 13.4. The van der Waals surface area contributed by atoms with E-state index >= 15 is 0 Å². The number of carbonyl (C=O) groups is 1. The lowest BCUT2D eigenvalue weighted by molar-refractivity contribution is 0.102. The van der Waals surface area contributed by atoms with E-state index in [1.54, 1.807) is 0 Å². The van der Waals surface area contributed by atoms with Crippen LogP contribution in [0.15, 0.2) is 12.1 Å². The second kappa shape index (κ2) is 5.62. The monoisotopic (exact) mass is 282 g/mol. The maximum atomic E-state index is 11.7. The maximum absolute atomic E-state index is 11.7. The van der Waals surface area contributed by atoms with Crippen LogP contribution < -0.4 is 0 Å². The van der Waals surface area contributed by atoms with Gasteiger partial charge in [0.25, 0.3) is 0 Å². The van der Waals surface area contributed by atoms with Crippen molar-refractivity contribution >= 4 is 21.7 Å². The normalized spacial score (nSPS) is 10.9. The van der Waals surface area contributed by atoms with E-state index < -0.39 is 0 Å². The molecule has 0 aliphatic carbocycles. The fraction of sp³-hybridized carbons (Fsp3) is 0.500. The lowest BCUT2D eigenvalue weighted by Gasteiger charge is -2.12. The molecule has 0 radical (unpaired) electrons. The molecule has 0 aliphatic heterocycles. The number of ketones is 1. The molecule has 0 aliphatic rings. The van der Waals surface area contributed by atoms with E-state index in [4.69, 9.17) is 0 Å². The predicted octanol–water partition coefficient (Wildman–Crippen LogP) is 4.08. The van der Waals surface area contributed by atoms with E-state index in [9.17, 15) is 4.79 Å². The Morgan fingerprint density at radius 3 is 2.12 bits per heavy atom. The fourth-order valence-corrected chi connectivity index (χ4v) is 2.43. The third-order valence-corrected chi connectivity index (χ3v) is 3.15. The Morgan fingerprint density at radius 2 is 1.75 bits per heavy atom. The summed E-state index contributed by atoms with van der Waals surface area (Å²) < 4.78 is 0. The topological polar surface area (TPSA) is 17.1 Å². The third kappa shape index (κ3) is 3.18. The van der Waals surface area contributed by atoms with Gasteiger partial charge in [-0.25, -0.2) is 0 Å². The van der Waals surface area contributed by atoms with Crippen LogP contribution in [0.4, 0.5) is 0 Å². The number of rotatable bonds is 4. The molecule has 0 saturated heterocycles. The molecule has 1 rings (SSSR count). The van der Waals surface area contributed by atoms with Crippen LogP contribution in [0, 0.1) is 19.8 Å². The minimum Gasteiger partial charge on any atom is -0.293 e. The van der Waals surface area contributed by atoms with Crippen LogP contribution in [0.1, 0.15) is 40.9 Å². The zero-order chi connectivity index (χ0) is 12.3. The molecule has 0 unspecified atom stereocenters. The number of alkyl halides is 1. The molecule has 0 aromatic heterocycles. The molecule has 88 valence electrons. The van der Waals surface area contributed by atoms with Crippen LogP contribution >= 0.6 is 15.9 Å². The summed E-state index contributed by atoms with van der Waals surface area (Å²) in [6.45, 7) is 8.46. The van der Waals surface area contributed by atoms with Gasteiger partial charge in [-0.15, -0.1) is 0 Å². The zero-order valence-corrected chi connectivity index (χ0v) is 12.0. The van der Waals surface area contributed by atoms with Gasteiger partial charge in [-0.1, -0.05) is 41.9 Å². The second-order valence-electron chi connectivity index (χ2n) is 4.76. The standard InChI is InChI=1S/C14H19BrO/c1-9(2)5-12-6-10(3)14(11(4)7-12)13(16)8-15/h6-7,9H,5,8H2,1-4H3. The van der Waals surface area contributed by atoms with Crippen LogP contribution in [-0.2, 0) is 6.42 Å². The molecule has 0 N–H and O–H groups in total. The molecular formula is C14H19BrO. The Kier molecular flexibility index (Phi) is 4.72. The van der Waals surface area contributed by atoms with Gasteiger partial charge >= 0.3 is 0 Å². The average molecular weight is 283 g/mol. The van der Waals surface area contributed by atoms with Gasteiger partial charge < -0.3 is 0 Å². The van der Waals surface area contributed by atoms with Crippen molar-refractivity contribution in [3.8, 4) is 0 Å². The van der Waals surface area contributed by atoms with Gasteiger partial charge in [0.1, 0.15) is 0 Å². The summed E-state index contributed by atoms with van der Waals surface area (Å²) in [6.07, 6.45) is 1.07. The van der Waals surface area contributed by atoms with Crippen molar-refractivity contribution in [3.63, 3.8) is 0 Å². The molecule has 0 fully saturated rings. The zero-order valence-electron chi connectivity index (χ0n) is 10.4. The molecule has 1 nitrogen and oxygen atoms in total. The van der Waals surface area contributed by atoms with Gasteiger partial charge in [-0.3, -0.25) is 4.79 Å². The molecule has 0 heterocycles. The summed E-state index contributed by atoms with van der Waals surface area (Å²) in [7, 11) is 0. The molecule has 1 aromatic carbocycles.